The third-order valence-electron chi connectivity index (χ3n) is 5.74. The summed E-state index contributed by atoms with van der Waals surface area (Å²) >= 11 is 0. The van der Waals surface area contributed by atoms with Crippen LogP contribution in [-0.2, 0) is 6.42 Å². The molecule has 4 rings (SSSR count). The molecule has 0 bridgehead atoms. The van der Waals surface area contributed by atoms with E-state index < -0.39 is 0 Å². The number of benzene rings is 3. The van der Waals surface area contributed by atoms with Crippen LogP contribution in [0, 0.1) is 0 Å². The average molecular weight is 371 g/mol. The number of para-hydroxylation sites is 1. The SMILES string of the molecule is CCCN(CCC)c1ccc2c(c1)Cc1ccc(N(C)c3ccccc3)cc1-2. The molecule has 0 radical (unpaired) electrons. The number of anilines is 3. The van der Waals surface area contributed by atoms with E-state index in [1.165, 1.54) is 52.2 Å². The third kappa shape index (κ3) is 3.52. The lowest BCUT2D eigenvalue weighted by Crippen LogP contribution is -2.24. The molecule has 0 N–H and O–H groups in total. The molecule has 0 unspecified atom stereocenters. The van der Waals surface area contributed by atoms with E-state index in [-0.39, 0.29) is 0 Å². The van der Waals surface area contributed by atoms with Gasteiger partial charge in [0.05, 0.1) is 0 Å². The van der Waals surface area contributed by atoms with Crippen molar-refractivity contribution in [3.63, 3.8) is 0 Å². The highest BCUT2D eigenvalue weighted by Gasteiger charge is 2.21. The minimum atomic E-state index is 1.04. The van der Waals surface area contributed by atoms with E-state index in [4.69, 9.17) is 0 Å². The topological polar surface area (TPSA) is 6.48 Å². The van der Waals surface area contributed by atoms with Gasteiger partial charge >= 0.3 is 0 Å². The lowest BCUT2D eigenvalue weighted by Gasteiger charge is -2.24. The van der Waals surface area contributed by atoms with Gasteiger partial charge in [-0.25, -0.2) is 0 Å². The van der Waals surface area contributed by atoms with Crippen LogP contribution in [0.25, 0.3) is 11.1 Å². The molecule has 28 heavy (non-hydrogen) atoms. The number of rotatable bonds is 7. The van der Waals surface area contributed by atoms with Crippen molar-refractivity contribution in [3.8, 4) is 11.1 Å². The molecule has 0 aliphatic heterocycles. The van der Waals surface area contributed by atoms with Crippen LogP contribution in [0.5, 0.6) is 0 Å². The van der Waals surface area contributed by atoms with Gasteiger partial charge in [-0.3, -0.25) is 0 Å². The molecule has 1 aliphatic rings. The molecule has 0 saturated heterocycles. The van der Waals surface area contributed by atoms with Crippen molar-refractivity contribution in [2.45, 2.75) is 33.1 Å². The second-order valence-corrected chi connectivity index (χ2v) is 7.74. The minimum Gasteiger partial charge on any atom is -0.372 e. The highest BCUT2D eigenvalue weighted by molar-refractivity contribution is 5.82. The first-order valence-corrected chi connectivity index (χ1v) is 10.5. The van der Waals surface area contributed by atoms with Crippen molar-refractivity contribution in [3.05, 3.63) is 77.9 Å². The van der Waals surface area contributed by atoms with Gasteiger partial charge in [0.1, 0.15) is 0 Å². The summed E-state index contributed by atoms with van der Waals surface area (Å²) in [5, 5.41) is 0. The summed E-state index contributed by atoms with van der Waals surface area (Å²) in [7, 11) is 2.14. The van der Waals surface area contributed by atoms with Gasteiger partial charge in [-0.1, -0.05) is 44.2 Å². The molecule has 2 heteroatoms. The molecule has 144 valence electrons. The number of hydrogen-bond acceptors (Lipinski definition) is 2. The van der Waals surface area contributed by atoms with E-state index in [0.29, 0.717) is 0 Å². The van der Waals surface area contributed by atoms with Crippen LogP contribution in [0.2, 0.25) is 0 Å². The summed E-state index contributed by atoms with van der Waals surface area (Å²) in [6.45, 7) is 6.78. The van der Waals surface area contributed by atoms with Crippen molar-refractivity contribution in [1.29, 1.82) is 0 Å². The van der Waals surface area contributed by atoms with Gasteiger partial charge in [-0.05, 0) is 77.9 Å². The van der Waals surface area contributed by atoms with Crippen molar-refractivity contribution in [2.24, 2.45) is 0 Å². The van der Waals surface area contributed by atoms with Gasteiger partial charge in [0, 0.05) is 37.2 Å². The molecule has 3 aromatic rings. The van der Waals surface area contributed by atoms with Gasteiger partial charge in [0.2, 0.25) is 0 Å². The predicted octanol–water partition coefficient (Wildman–Crippen LogP) is 6.65. The Morgan fingerprint density at radius 2 is 1.39 bits per heavy atom. The Kier molecular flexibility index (Phi) is 5.38. The maximum Gasteiger partial charge on any atom is 0.0414 e. The fourth-order valence-corrected chi connectivity index (χ4v) is 4.28. The largest absolute Gasteiger partial charge is 0.372 e. The zero-order valence-electron chi connectivity index (χ0n) is 17.3. The third-order valence-corrected chi connectivity index (χ3v) is 5.74. The Morgan fingerprint density at radius 3 is 2.11 bits per heavy atom. The van der Waals surface area contributed by atoms with Gasteiger partial charge < -0.3 is 9.80 Å². The smallest absolute Gasteiger partial charge is 0.0414 e. The summed E-state index contributed by atoms with van der Waals surface area (Å²) < 4.78 is 0. The molecular weight excluding hydrogens is 340 g/mol. The highest BCUT2D eigenvalue weighted by Crippen LogP contribution is 2.41. The Balaban J connectivity index is 1.65. The number of hydrogen-bond donors (Lipinski definition) is 0. The van der Waals surface area contributed by atoms with Crippen LogP contribution in [0.1, 0.15) is 37.8 Å². The van der Waals surface area contributed by atoms with Crippen molar-refractivity contribution < 1.29 is 0 Å². The fourth-order valence-electron chi connectivity index (χ4n) is 4.28. The van der Waals surface area contributed by atoms with Crippen LogP contribution >= 0.6 is 0 Å². The Hall–Kier alpha value is -2.74. The summed E-state index contributed by atoms with van der Waals surface area (Å²) in [6.07, 6.45) is 3.42. The van der Waals surface area contributed by atoms with Gasteiger partial charge in [-0.15, -0.1) is 0 Å². The Morgan fingerprint density at radius 1 is 0.679 bits per heavy atom. The monoisotopic (exact) mass is 370 g/mol. The molecule has 0 fully saturated rings. The van der Waals surface area contributed by atoms with Gasteiger partial charge in [0.15, 0.2) is 0 Å². The zero-order chi connectivity index (χ0) is 19.5. The lowest BCUT2D eigenvalue weighted by atomic mass is 10.0. The standard InChI is InChI=1S/C26H30N2/c1-4-15-28(16-5-2)24-13-14-25-21(18-24)17-20-11-12-23(19-26(20)25)27(3)22-9-7-6-8-10-22/h6-14,18-19H,4-5,15-17H2,1-3H3. The fraction of sp³-hybridized carbons (Fsp3) is 0.308. The first kappa shape index (κ1) is 18.6. The van der Waals surface area contributed by atoms with E-state index in [1.807, 2.05) is 0 Å². The van der Waals surface area contributed by atoms with E-state index in [0.717, 1.165) is 19.5 Å². The molecule has 0 spiro atoms. The molecule has 1 aliphatic carbocycles. The molecular formula is C26H30N2. The number of nitrogens with zero attached hydrogens (tertiary/aromatic N) is 2. The highest BCUT2D eigenvalue weighted by atomic mass is 15.1. The van der Waals surface area contributed by atoms with Crippen molar-refractivity contribution >= 4 is 17.1 Å². The molecule has 0 saturated carbocycles. The van der Waals surface area contributed by atoms with Gasteiger partial charge in [-0.2, -0.15) is 0 Å². The van der Waals surface area contributed by atoms with E-state index in [9.17, 15) is 0 Å². The molecule has 3 aromatic carbocycles. The molecule has 0 aromatic heterocycles. The normalized spacial score (nSPS) is 11.8. The summed E-state index contributed by atoms with van der Waals surface area (Å²) in [5.41, 5.74) is 9.51. The molecule has 2 nitrogen and oxygen atoms in total. The molecule has 0 heterocycles. The first-order valence-electron chi connectivity index (χ1n) is 10.5. The van der Waals surface area contributed by atoms with Crippen LogP contribution in [0.3, 0.4) is 0 Å². The lowest BCUT2D eigenvalue weighted by molar-refractivity contribution is 0.744. The minimum absolute atomic E-state index is 1.04. The summed E-state index contributed by atoms with van der Waals surface area (Å²) in [6, 6.07) is 24.5. The Bertz CT molecular complexity index is 940. The zero-order valence-corrected chi connectivity index (χ0v) is 17.3. The number of fused-ring (bicyclic) bond motifs is 3. The Labute approximate surface area is 169 Å². The maximum atomic E-state index is 2.53. The maximum absolute atomic E-state index is 2.53. The van der Waals surface area contributed by atoms with Crippen LogP contribution < -0.4 is 9.80 Å². The van der Waals surface area contributed by atoms with Crippen LogP contribution in [0.15, 0.2) is 66.7 Å². The molecule has 0 amide bonds. The van der Waals surface area contributed by atoms with Crippen molar-refractivity contribution in [2.75, 3.05) is 29.9 Å². The summed E-state index contributed by atoms with van der Waals surface area (Å²) in [5.74, 6) is 0. The van der Waals surface area contributed by atoms with Crippen molar-refractivity contribution in [1.82, 2.24) is 0 Å². The van der Waals surface area contributed by atoms with Gasteiger partial charge in [0.25, 0.3) is 0 Å². The summed E-state index contributed by atoms with van der Waals surface area (Å²) in [4.78, 5) is 4.79. The second-order valence-electron chi connectivity index (χ2n) is 7.74. The molecule has 0 atom stereocenters. The average Bonchev–Trinajstić information content (AvgIpc) is 3.10. The predicted molar refractivity (Wildman–Crippen MR) is 122 cm³/mol. The van der Waals surface area contributed by atoms with E-state index >= 15 is 0 Å². The first-order chi connectivity index (χ1) is 13.7. The van der Waals surface area contributed by atoms with E-state index in [2.05, 4.69) is 97.4 Å². The quantitative estimate of drug-likeness (QED) is 0.359. The second kappa shape index (κ2) is 8.10. The van der Waals surface area contributed by atoms with E-state index in [1.54, 1.807) is 0 Å². The van der Waals surface area contributed by atoms with Crippen LogP contribution in [-0.4, -0.2) is 20.1 Å². The van der Waals surface area contributed by atoms with Crippen LogP contribution in [0.4, 0.5) is 17.1 Å².